The number of carbonyl (C=O) groups is 2. The van der Waals surface area contributed by atoms with E-state index in [0.717, 1.165) is 16.3 Å². The van der Waals surface area contributed by atoms with Crippen molar-refractivity contribution in [3.8, 4) is 11.5 Å². The second-order valence-electron chi connectivity index (χ2n) is 7.45. The lowest BCUT2D eigenvalue weighted by Crippen LogP contribution is -2.38. The molecule has 0 atom stereocenters. The van der Waals surface area contributed by atoms with Gasteiger partial charge in [0.15, 0.2) is 5.58 Å². The maximum Gasteiger partial charge on any atom is 0.355 e. The predicted molar refractivity (Wildman–Crippen MR) is 121 cm³/mol. The average molecular weight is 444 g/mol. The zero-order chi connectivity index (χ0) is 22.9. The van der Waals surface area contributed by atoms with Crippen molar-refractivity contribution in [2.24, 2.45) is 0 Å². The fourth-order valence-corrected chi connectivity index (χ4v) is 3.88. The van der Waals surface area contributed by atoms with Gasteiger partial charge in [-0.05, 0) is 41.1 Å². The first kappa shape index (κ1) is 20.7. The number of rotatable bonds is 4. The Bertz CT molecular complexity index is 1420. The van der Waals surface area contributed by atoms with E-state index in [2.05, 4.69) is 4.98 Å². The third kappa shape index (κ3) is 3.70. The Morgan fingerprint density at radius 3 is 2.52 bits per heavy atom. The molecule has 5 rings (SSSR count). The molecule has 0 spiro atoms. The lowest BCUT2D eigenvalue weighted by Gasteiger charge is -2.31. The summed E-state index contributed by atoms with van der Waals surface area (Å²) in [7, 11) is 2.51. The van der Waals surface area contributed by atoms with Crippen LogP contribution in [-0.4, -0.2) is 44.5 Å². The summed E-state index contributed by atoms with van der Waals surface area (Å²) in [6.07, 6.45) is 0. The molecule has 0 aliphatic carbocycles. The Labute approximate surface area is 189 Å². The highest BCUT2D eigenvalue weighted by Crippen LogP contribution is 2.32. The first-order valence-corrected chi connectivity index (χ1v) is 10.2. The highest BCUT2D eigenvalue weighted by molar-refractivity contribution is 6.03. The molecule has 4 aromatic rings. The van der Waals surface area contributed by atoms with Crippen LogP contribution in [-0.2, 0) is 23.8 Å². The van der Waals surface area contributed by atoms with Crippen molar-refractivity contribution < 1.29 is 28.2 Å². The Morgan fingerprint density at radius 1 is 0.939 bits per heavy atom. The SMILES string of the molecule is COC(=O)C1=C(C(=O)OC)N(c2ccc3oc(-c4ccc5ccccc5c4)nc3c2)COC1. The van der Waals surface area contributed by atoms with Crippen LogP contribution in [0.15, 0.2) is 76.4 Å². The van der Waals surface area contributed by atoms with Gasteiger partial charge >= 0.3 is 11.9 Å². The number of ether oxygens (including phenoxy) is 3. The summed E-state index contributed by atoms with van der Waals surface area (Å²) in [6.45, 7) is 0.0116. The zero-order valence-corrected chi connectivity index (χ0v) is 18.0. The van der Waals surface area contributed by atoms with Crippen molar-refractivity contribution >= 4 is 39.5 Å². The third-order valence-electron chi connectivity index (χ3n) is 5.51. The van der Waals surface area contributed by atoms with E-state index in [4.69, 9.17) is 18.6 Å². The van der Waals surface area contributed by atoms with Crippen molar-refractivity contribution in [1.29, 1.82) is 0 Å². The molecule has 3 aromatic carbocycles. The van der Waals surface area contributed by atoms with Gasteiger partial charge in [0.05, 0.1) is 26.4 Å². The summed E-state index contributed by atoms with van der Waals surface area (Å²) in [5.74, 6) is -0.821. The van der Waals surface area contributed by atoms with Crippen LogP contribution in [0.5, 0.6) is 0 Å². The van der Waals surface area contributed by atoms with Gasteiger partial charge < -0.3 is 23.5 Å². The lowest BCUT2D eigenvalue weighted by molar-refractivity contribution is -0.140. The quantitative estimate of drug-likeness (QED) is 0.436. The first-order chi connectivity index (χ1) is 16.1. The van der Waals surface area contributed by atoms with Crippen LogP contribution in [0.4, 0.5) is 5.69 Å². The molecule has 166 valence electrons. The monoisotopic (exact) mass is 444 g/mol. The summed E-state index contributed by atoms with van der Waals surface area (Å²) in [6, 6.07) is 19.4. The van der Waals surface area contributed by atoms with Crippen molar-refractivity contribution in [1.82, 2.24) is 4.98 Å². The van der Waals surface area contributed by atoms with E-state index in [1.54, 1.807) is 23.1 Å². The summed E-state index contributed by atoms with van der Waals surface area (Å²) < 4.78 is 21.2. The molecule has 0 radical (unpaired) electrons. The Hall–Kier alpha value is -4.17. The van der Waals surface area contributed by atoms with Gasteiger partial charge in [0.25, 0.3) is 0 Å². The molecule has 1 aromatic heterocycles. The van der Waals surface area contributed by atoms with Crippen LogP contribution in [0.3, 0.4) is 0 Å². The molecular weight excluding hydrogens is 424 g/mol. The largest absolute Gasteiger partial charge is 0.466 e. The molecule has 33 heavy (non-hydrogen) atoms. The van der Waals surface area contributed by atoms with Crippen molar-refractivity contribution in [3.63, 3.8) is 0 Å². The van der Waals surface area contributed by atoms with Gasteiger partial charge in [0.2, 0.25) is 5.89 Å². The first-order valence-electron chi connectivity index (χ1n) is 10.2. The molecule has 8 nitrogen and oxygen atoms in total. The van der Waals surface area contributed by atoms with Crippen LogP contribution < -0.4 is 4.90 Å². The molecule has 1 aliphatic heterocycles. The highest BCUT2D eigenvalue weighted by atomic mass is 16.5. The Morgan fingerprint density at radius 2 is 1.73 bits per heavy atom. The van der Waals surface area contributed by atoms with Gasteiger partial charge in [-0.1, -0.05) is 30.3 Å². The molecule has 0 saturated heterocycles. The predicted octanol–water partition coefficient (Wildman–Crippen LogP) is 4.04. The summed E-state index contributed by atoms with van der Waals surface area (Å²) in [4.78, 5) is 30.9. The minimum atomic E-state index is -0.657. The molecule has 0 N–H and O–H groups in total. The Balaban J connectivity index is 1.56. The van der Waals surface area contributed by atoms with Gasteiger partial charge in [-0.3, -0.25) is 0 Å². The number of fused-ring (bicyclic) bond motifs is 2. The second-order valence-corrected chi connectivity index (χ2v) is 7.45. The fourth-order valence-electron chi connectivity index (χ4n) is 3.88. The number of esters is 2. The van der Waals surface area contributed by atoms with Crippen molar-refractivity contribution in [2.75, 3.05) is 32.5 Å². The standard InChI is InChI=1S/C25H20N2O6/c1-30-24(28)19-13-32-14-27(22(19)25(29)31-2)18-9-10-21-20(12-18)26-23(33-21)17-8-7-15-5-3-4-6-16(15)11-17/h3-12H,13-14H2,1-2H3. The summed E-state index contributed by atoms with van der Waals surface area (Å²) in [5, 5.41) is 2.22. The number of benzene rings is 3. The molecule has 0 fully saturated rings. The molecule has 2 heterocycles. The number of carbonyl (C=O) groups excluding carboxylic acids is 2. The summed E-state index contributed by atoms with van der Waals surface area (Å²) >= 11 is 0. The number of oxazole rings is 1. The molecular formula is C25H20N2O6. The van der Waals surface area contributed by atoms with Gasteiger partial charge in [0, 0.05) is 11.3 Å². The Kier molecular flexibility index (Phi) is 5.27. The van der Waals surface area contributed by atoms with E-state index < -0.39 is 11.9 Å². The summed E-state index contributed by atoms with van der Waals surface area (Å²) in [5.41, 5.74) is 2.82. The second kappa shape index (κ2) is 8.40. The van der Waals surface area contributed by atoms with Crippen LogP contribution in [0.1, 0.15) is 0 Å². The highest BCUT2D eigenvalue weighted by Gasteiger charge is 2.32. The van der Waals surface area contributed by atoms with E-state index in [9.17, 15) is 9.59 Å². The molecule has 8 heteroatoms. The number of aromatic nitrogens is 1. The van der Waals surface area contributed by atoms with Crippen LogP contribution in [0, 0.1) is 0 Å². The smallest absolute Gasteiger partial charge is 0.355 e. The number of anilines is 1. The maximum absolute atomic E-state index is 12.5. The third-order valence-corrected chi connectivity index (χ3v) is 5.51. The van der Waals surface area contributed by atoms with Crippen LogP contribution in [0.2, 0.25) is 0 Å². The lowest BCUT2D eigenvalue weighted by atomic mass is 10.1. The van der Waals surface area contributed by atoms with E-state index in [0.29, 0.717) is 22.7 Å². The molecule has 0 unspecified atom stereocenters. The number of hydrogen-bond acceptors (Lipinski definition) is 8. The van der Waals surface area contributed by atoms with Gasteiger partial charge in [-0.25, -0.2) is 14.6 Å². The van der Waals surface area contributed by atoms with Crippen LogP contribution >= 0.6 is 0 Å². The maximum atomic E-state index is 12.5. The van der Waals surface area contributed by atoms with Gasteiger partial charge in [-0.2, -0.15) is 0 Å². The molecule has 0 saturated carbocycles. The normalized spacial score (nSPS) is 14.1. The van der Waals surface area contributed by atoms with E-state index >= 15 is 0 Å². The minimum absolute atomic E-state index is 0.0497. The fraction of sp³-hybridized carbons (Fsp3) is 0.160. The number of methoxy groups -OCH3 is 2. The van der Waals surface area contributed by atoms with Gasteiger partial charge in [-0.15, -0.1) is 0 Å². The van der Waals surface area contributed by atoms with E-state index in [1.807, 2.05) is 42.5 Å². The molecule has 1 aliphatic rings. The number of hydrogen-bond donors (Lipinski definition) is 0. The molecule has 0 amide bonds. The molecule has 0 bridgehead atoms. The number of nitrogens with zero attached hydrogens (tertiary/aromatic N) is 2. The van der Waals surface area contributed by atoms with E-state index in [-0.39, 0.29) is 24.6 Å². The van der Waals surface area contributed by atoms with E-state index in [1.165, 1.54) is 14.2 Å². The zero-order valence-electron chi connectivity index (χ0n) is 18.0. The minimum Gasteiger partial charge on any atom is -0.466 e. The van der Waals surface area contributed by atoms with Crippen molar-refractivity contribution in [3.05, 3.63) is 71.9 Å². The topological polar surface area (TPSA) is 91.1 Å². The van der Waals surface area contributed by atoms with Crippen LogP contribution in [0.25, 0.3) is 33.3 Å². The van der Waals surface area contributed by atoms with Crippen molar-refractivity contribution in [2.45, 2.75) is 0 Å². The average Bonchev–Trinajstić information content (AvgIpc) is 3.30. The van der Waals surface area contributed by atoms with Gasteiger partial charge in [0.1, 0.15) is 17.9 Å².